The molecule has 4 heteroatoms. The minimum atomic E-state index is 0.817. The Hall–Kier alpha value is -0.740. The summed E-state index contributed by atoms with van der Waals surface area (Å²) in [5.41, 5.74) is 1.05. The van der Waals surface area contributed by atoms with Crippen LogP contribution in [0.25, 0.3) is 0 Å². The molecule has 2 heterocycles. The van der Waals surface area contributed by atoms with Crippen LogP contribution in [0.3, 0.4) is 0 Å². The number of rotatable bonds is 2. The van der Waals surface area contributed by atoms with Gasteiger partial charge in [0.2, 0.25) is 0 Å². The van der Waals surface area contributed by atoms with Crippen molar-refractivity contribution in [2.24, 2.45) is 0 Å². The minimum Gasteiger partial charge on any atom is -0.249 e. The molecular formula is C9H7BrN2S. The van der Waals surface area contributed by atoms with Crippen LogP contribution < -0.4 is 0 Å². The first-order chi connectivity index (χ1) is 6.34. The highest BCUT2D eigenvalue weighted by Gasteiger charge is 1.99. The van der Waals surface area contributed by atoms with Crippen molar-refractivity contribution in [1.29, 1.82) is 0 Å². The molecule has 2 aromatic rings. The van der Waals surface area contributed by atoms with Crippen molar-refractivity contribution in [2.75, 3.05) is 0 Å². The summed E-state index contributed by atoms with van der Waals surface area (Å²) in [4.78, 5) is 8.54. The zero-order valence-electron chi connectivity index (χ0n) is 6.77. The Labute approximate surface area is 88.8 Å². The van der Waals surface area contributed by atoms with E-state index in [0.717, 1.165) is 21.7 Å². The highest BCUT2D eigenvalue weighted by Crippen LogP contribution is 2.12. The Morgan fingerprint density at radius 2 is 2.31 bits per heavy atom. The summed E-state index contributed by atoms with van der Waals surface area (Å²) in [7, 11) is 0. The fourth-order valence-corrected chi connectivity index (χ4v) is 2.06. The van der Waals surface area contributed by atoms with E-state index >= 15 is 0 Å². The molecule has 0 atom stereocenters. The van der Waals surface area contributed by atoms with E-state index in [2.05, 4.69) is 25.9 Å². The van der Waals surface area contributed by atoms with Crippen molar-refractivity contribution in [3.05, 3.63) is 45.1 Å². The van der Waals surface area contributed by atoms with Gasteiger partial charge in [0.25, 0.3) is 0 Å². The maximum atomic E-state index is 4.33. The van der Waals surface area contributed by atoms with Crippen LogP contribution in [0.4, 0.5) is 0 Å². The largest absolute Gasteiger partial charge is 0.249 e. The molecule has 0 amide bonds. The normalized spacial score (nSPS) is 10.2. The SMILES string of the molecule is Brc1cccc(Cc2nccs2)n1. The first-order valence-electron chi connectivity index (χ1n) is 3.84. The molecule has 0 spiro atoms. The van der Waals surface area contributed by atoms with Crippen molar-refractivity contribution < 1.29 is 0 Å². The summed E-state index contributed by atoms with van der Waals surface area (Å²) >= 11 is 5.00. The number of nitrogens with zero attached hydrogens (tertiary/aromatic N) is 2. The fourth-order valence-electron chi connectivity index (χ4n) is 1.04. The Bertz CT molecular complexity index is 386. The molecule has 0 N–H and O–H groups in total. The van der Waals surface area contributed by atoms with Crippen LogP contribution in [-0.2, 0) is 6.42 Å². The summed E-state index contributed by atoms with van der Waals surface area (Å²) in [5.74, 6) is 0. The minimum absolute atomic E-state index is 0.817. The number of hydrogen-bond donors (Lipinski definition) is 0. The molecule has 2 rings (SSSR count). The molecule has 0 saturated heterocycles. The van der Waals surface area contributed by atoms with E-state index in [1.54, 1.807) is 11.3 Å². The lowest BCUT2D eigenvalue weighted by molar-refractivity contribution is 1.04. The van der Waals surface area contributed by atoms with E-state index in [1.807, 2.05) is 29.8 Å². The van der Waals surface area contributed by atoms with Crippen LogP contribution in [0.1, 0.15) is 10.7 Å². The van der Waals surface area contributed by atoms with E-state index in [0.29, 0.717) is 0 Å². The quantitative estimate of drug-likeness (QED) is 0.771. The maximum absolute atomic E-state index is 4.33. The van der Waals surface area contributed by atoms with Gasteiger partial charge in [-0.25, -0.2) is 9.97 Å². The second-order valence-corrected chi connectivity index (χ2v) is 4.35. The fraction of sp³-hybridized carbons (Fsp3) is 0.111. The summed E-state index contributed by atoms with van der Waals surface area (Å²) in [6.45, 7) is 0. The average Bonchev–Trinajstić information content (AvgIpc) is 2.57. The van der Waals surface area contributed by atoms with E-state index in [4.69, 9.17) is 0 Å². The molecule has 66 valence electrons. The van der Waals surface area contributed by atoms with Gasteiger partial charge in [-0.3, -0.25) is 0 Å². The van der Waals surface area contributed by atoms with Gasteiger partial charge >= 0.3 is 0 Å². The lowest BCUT2D eigenvalue weighted by atomic mass is 10.3. The van der Waals surface area contributed by atoms with Crippen LogP contribution in [-0.4, -0.2) is 9.97 Å². The Morgan fingerprint density at radius 3 is 3.00 bits per heavy atom. The summed E-state index contributed by atoms with van der Waals surface area (Å²) in [6, 6.07) is 5.91. The predicted molar refractivity (Wildman–Crippen MR) is 56.9 cm³/mol. The lowest BCUT2D eigenvalue weighted by Crippen LogP contribution is -1.90. The molecule has 0 unspecified atom stereocenters. The van der Waals surface area contributed by atoms with Gasteiger partial charge in [-0.15, -0.1) is 11.3 Å². The van der Waals surface area contributed by atoms with Crippen LogP contribution in [0.2, 0.25) is 0 Å². The van der Waals surface area contributed by atoms with Crippen molar-refractivity contribution >= 4 is 27.3 Å². The molecule has 0 aromatic carbocycles. The van der Waals surface area contributed by atoms with Gasteiger partial charge in [0.05, 0.1) is 5.01 Å². The summed E-state index contributed by atoms with van der Waals surface area (Å²) < 4.78 is 0.876. The molecule has 0 aliphatic heterocycles. The van der Waals surface area contributed by atoms with E-state index in [1.165, 1.54) is 0 Å². The van der Waals surface area contributed by atoms with Gasteiger partial charge in [0, 0.05) is 23.7 Å². The van der Waals surface area contributed by atoms with E-state index < -0.39 is 0 Å². The molecule has 2 aromatic heterocycles. The molecule has 0 aliphatic carbocycles. The third-order valence-electron chi connectivity index (χ3n) is 1.59. The van der Waals surface area contributed by atoms with Gasteiger partial charge in [0.1, 0.15) is 4.60 Å². The van der Waals surface area contributed by atoms with Crippen LogP contribution in [0.15, 0.2) is 34.4 Å². The number of halogens is 1. The van der Waals surface area contributed by atoms with Gasteiger partial charge in [-0.2, -0.15) is 0 Å². The third-order valence-corrected chi connectivity index (χ3v) is 2.81. The van der Waals surface area contributed by atoms with Crippen molar-refractivity contribution in [3.8, 4) is 0 Å². The predicted octanol–water partition coefficient (Wildman–Crippen LogP) is 2.89. The Balaban J connectivity index is 2.19. The van der Waals surface area contributed by atoms with E-state index in [9.17, 15) is 0 Å². The molecule has 2 nitrogen and oxygen atoms in total. The van der Waals surface area contributed by atoms with Crippen LogP contribution >= 0.6 is 27.3 Å². The van der Waals surface area contributed by atoms with Gasteiger partial charge in [-0.05, 0) is 28.1 Å². The van der Waals surface area contributed by atoms with Gasteiger partial charge < -0.3 is 0 Å². The number of pyridine rings is 1. The topological polar surface area (TPSA) is 25.8 Å². The Kier molecular flexibility index (Phi) is 2.71. The lowest BCUT2D eigenvalue weighted by Gasteiger charge is -1.96. The summed E-state index contributed by atoms with van der Waals surface area (Å²) in [5, 5.41) is 3.08. The smallest absolute Gasteiger partial charge is 0.106 e. The monoisotopic (exact) mass is 254 g/mol. The first-order valence-corrected chi connectivity index (χ1v) is 5.51. The molecule has 0 radical (unpaired) electrons. The highest BCUT2D eigenvalue weighted by atomic mass is 79.9. The maximum Gasteiger partial charge on any atom is 0.106 e. The average molecular weight is 255 g/mol. The number of hydrogen-bond acceptors (Lipinski definition) is 3. The van der Waals surface area contributed by atoms with Crippen molar-refractivity contribution in [3.63, 3.8) is 0 Å². The van der Waals surface area contributed by atoms with Crippen LogP contribution in [0, 0.1) is 0 Å². The standard InChI is InChI=1S/C9H7BrN2S/c10-8-3-1-2-7(12-8)6-9-11-4-5-13-9/h1-5H,6H2. The molecule has 0 bridgehead atoms. The van der Waals surface area contributed by atoms with Gasteiger partial charge in [0.15, 0.2) is 0 Å². The third kappa shape index (κ3) is 2.35. The number of aromatic nitrogens is 2. The molecule has 13 heavy (non-hydrogen) atoms. The van der Waals surface area contributed by atoms with Gasteiger partial charge in [-0.1, -0.05) is 6.07 Å². The first kappa shape index (κ1) is 8.84. The number of thiazole rings is 1. The van der Waals surface area contributed by atoms with E-state index in [-0.39, 0.29) is 0 Å². The Morgan fingerprint density at radius 1 is 1.38 bits per heavy atom. The molecular weight excluding hydrogens is 248 g/mol. The summed E-state index contributed by atoms with van der Waals surface area (Å²) in [6.07, 6.45) is 2.63. The second-order valence-electron chi connectivity index (χ2n) is 2.55. The highest BCUT2D eigenvalue weighted by molar-refractivity contribution is 9.10. The molecule has 0 aliphatic rings. The van der Waals surface area contributed by atoms with Crippen molar-refractivity contribution in [2.45, 2.75) is 6.42 Å². The zero-order valence-corrected chi connectivity index (χ0v) is 9.18. The van der Waals surface area contributed by atoms with Crippen LogP contribution in [0.5, 0.6) is 0 Å². The molecule has 0 fully saturated rings. The molecule has 0 saturated carbocycles. The van der Waals surface area contributed by atoms with Crippen molar-refractivity contribution in [1.82, 2.24) is 9.97 Å². The second kappa shape index (κ2) is 3.98. The zero-order chi connectivity index (χ0) is 9.10.